The molecule has 3 aromatic rings. The van der Waals surface area contributed by atoms with Gasteiger partial charge in [-0.05, 0) is 47.5 Å². The second-order valence-corrected chi connectivity index (χ2v) is 5.83. The zero-order chi connectivity index (χ0) is 16.4. The summed E-state index contributed by atoms with van der Waals surface area (Å²) in [5.74, 6) is -0.787. The van der Waals surface area contributed by atoms with Gasteiger partial charge in [0.2, 0.25) is 0 Å². The molecule has 116 valence electrons. The van der Waals surface area contributed by atoms with E-state index < -0.39 is 5.82 Å². The zero-order valence-corrected chi connectivity index (χ0v) is 13.3. The van der Waals surface area contributed by atoms with Crippen LogP contribution in [0, 0.1) is 5.82 Å². The van der Waals surface area contributed by atoms with Crippen LogP contribution < -0.4 is 5.32 Å². The largest absolute Gasteiger partial charge is 0.345 e. The zero-order valence-electron chi connectivity index (χ0n) is 12.5. The fourth-order valence-electron chi connectivity index (χ4n) is 2.51. The lowest BCUT2D eigenvalue weighted by Crippen LogP contribution is -2.26. The quantitative estimate of drug-likeness (QED) is 0.710. The minimum atomic E-state index is -0.464. The van der Waals surface area contributed by atoms with Crippen LogP contribution >= 0.6 is 11.6 Å². The molecule has 1 amide bonds. The van der Waals surface area contributed by atoms with Crippen LogP contribution in [0.15, 0.2) is 60.7 Å². The second-order valence-electron chi connectivity index (χ2n) is 5.43. The summed E-state index contributed by atoms with van der Waals surface area (Å²) in [5, 5.41) is 5.26. The van der Waals surface area contributed by atoms with Crippen molar-refractivity contribution in [3.63, 3.8) is 0 Å². The van der Waals surface area contributed by atoms with Crippen LogP contribution in [-0.2, 0) is 0 Å². The summed E-state index contributed by atoms with van der Waals surface area (Å²) in [6, 6.07) is 17.7. The van der Waals surface area contributed by atoms with Gasteiger partial charge in [0.15, 0.2) is 0 Å². The predicted octanol–water partition coefficient (Wildman–Crippen LogP) is 5.12. The lowest BCUT2D eigenvalue weighted by molar-refractivity contribution is 0.0940. The van der Waals surface area contributed by atoms with Gasteiger partial charge in [-0.3, -0.25) is 4.79 Å². The summed E-state index contributed by atoms with van der Waals surface area (Å²) >= 11 is 5.93. The van der Waals surface area contributed by atoms with Gasteiger partial charge in [-0.25, -0.2) is 4.39 Å². The molecule has 0 spiro atoms. The van der Waals surface area contributed by atoms with E-state index in [1.165, 1.54) is 12.1 Å². The van der Waals surface area contributed by atoms with Crippen LogP contribution in [0.5, 0.6) is 0 Å². The van der Waals surface area contributed by atoms with Gasteiger partial charge in [-0.15, -0.1) is 0 Å². The van der Waals surface area contributed by atoms with E-state index in [-0.39, 0.29) is 22.5 Å². The van der Waals surface area contributed by atoms with Crippen molar-refractivity contribution in [2.75, 3.05) is 0 Å². The van der Waals surface area contributed by atoms with Gasteiger partial charge < -0.3 is 5.32 Å². The first-order valence-corrected chi connectivity index (χ1v) is 7.67. The highest BCUT2D eigenvalue weighted by Gasteiger charge is 2.15. The number of carbonyl (C=O) groups excluding carboxylic acids is 1. The molecule has 2 nitrogen and oxygen atoms in total. The van der Waals surface area contributed by atoms with E-state index in [1.54, 1.807) is 0 Å². The van der Waals surface area contributed by atoms with E-state index >= 15 is 0 Å². The molecule has 23 heavy (non-hydrogen) atoms. The fourth-order valence-corrected chi connectivity index (χ4v) is 2.76. The SMILES string of the molecule is CC(NC(=O)c1ccc(F)cc1Cl)c1ccc2ccccc2c1. The Morgan fingerprint density at radius 3 is 2.52 bits per heavy atom. The van der Waals surface area contributed by atoms with Crippen molar-refractivity contribution in [3.05, 3.63) is 82.6 Å². The second kappa shape index (κ2) is 6.39. The Labute approximate surface area is 138 Å². The van der Waals surface area contributed by atoms with Gasteiger partial charge >= 0.3 is 0 Å². The van der Waals surface area contributed by atoms with Crippen molar-refractivity contribution in [1.29, 1.82) is 0 Å². The van der Waals surface area contributed by atoms with Crippen molar-refractivity contribution >= 4 is 28.3 Å². The summed E-state index contributed by atoms with van der Waals surface area (Å²) < 4.78 is 13.1. The Balaban J connectivity index is 1.82. The first-order chi connectivity index (χ1) is 11.0. The molecule has 0 radical (unpaired) electrons. The molecular weight excluding hydrogens is 313 g/mol. The number of hydrogen-bond donors (Lipinski definition) is 1. The molecule has 3 rings (SSSR count). The molecule has 3 aromatic carbocycles. The molecule has 0 aromatic heterocycles. The number of carbonyl (C=O) groups is 1. The standard InChI is InChI=1S/C19H15ClFNO/c1-12(14-7-6-13-4-2-3-5-15(13)10-14)22-19(23)17-9-8-16(21)11-18(17)20/h2-12H,1H3,(H,22,23). The average Bonchev–Trinajstić information content (AvgIpc) is 2.54. The molecule has 1 N–H and O–H groups in total. The van der Waals surface area contributed by atoms with E-state index in [9.17, 15) is 9.18 Å². The Morgan fingerprint density at radius 2 is 1.78 bits per heavy atom. The highest BCUT2D eigenvalue weighted by Crippen LogP contribution is 2.22. The van der Waals surface area contributed by atoms with Gasteiger partial charge in [-0.2, -0.15) is 0 Å². The third-order valence-electron chi connectivity index (χ3n) is 3.80. The number of hydrogen-bond acceptors (Lipinski definition) is 1. The van der Waals surface area contributed by atoms with Gasteiger partial charge in [0, 0.05) is 0 Å². The van der Waals surface area contributed by atoms with E-state index in [0.29, 0.717) is 0 Å². The van der Waals surface area contributed by atoms with Crippen molar-refractivity contribution in [2.24, 2.45) is 0 Å². The monoisotopic (exact) mass is 327 g/mol. The Morgan fingerprint density at radius 1 is 1.04 bits per heavy atom. The van der Waals surface area contributed by atoms with Crippen LogP contribution in [0.3, 0.4) is 0 Å². The van der Waals surface area contributed by atoms with Gasteiger partial charge in [0.1, 0.15) is 5.82 Å². The van der Waals surface area contributed by atoms with Gasteiger partial charge in [0.25, 0.3) is 5.91 Å². The maximum absolute atomic E-state index is 13.1. The van der Waals surface area contributed by atoms with E-state index in [2.05, 4.69) is 5.32 Å². The Bertz CT molecular complexity index is 878. The number of fused-ring (bicyclic) bond motifs is 1. The number of nitrogens with one attached hydrogen (secondary N) is 1. The Hall–Kier alpha value is -2.39. The van der Waals surface area contributed by atoms with Crippen molar-refractivity contribution in [3.8, 4) is 0 Å². The summed E-state index contributed by atoms with van der Waals surface area (Å²) in [4.78, 5) is 12.3. The van der Waals surface area contributed by atoms with Crippen molar-refractivity contribution in [2.45, 2.75) is 13.0 Å². The molecular formula is C19H15ClFNO. The molecule has 0 aliphatic heterocycles. The molecule has 1 unspecified atom stereocenters. The van der Waals surface area contributed by atoms with E-state index in [4.69, 9.17) is 11.6 Å². The molecule has 4 heteroatoms. The van der Waals surface area contributed by atoms with Crippen LogP contribution in [0.25, 0.3) is 10.8 Å². The summed E-state index contributed by atoms with van der Waals surface area (Å²) in [6.07, 6.45) is 0. The van der Waals surface area contributed by atoms with E-state index in [0.717, 1.165) is 22.4 Å². The lowest BCUT2D eigenvalue weighted by atomic mass is 10.0. The van der Waals surface area contributed by atoms with Crippen LogP contribution in [0.4, 0.5) is 4.39 Å². The molecule has 0 fully saturated rings. The third-order valence-corrected chi connectivity index (χ3v) is 4.11. The first-order valence-electron chi connectivity index (χ1n) is 7.29. The minimum Gasteiger partial charge on any atom is -0.345 e. The number of benzene rings is 3. The summed E-state index contributed by atoms with van der Waals surface area (Å²) in [5.41, 5.74) is 1.26. The molecule has 0 aliphatic rings. The number of rotatable bonds is 3. The smallest absolute Gasteiger partial charge is 0.253 e. The van der Waals surface area contributed by atoms with E-state index in [1.807, 2.05) is 49.4 Å². The minimum absolute atomic E-state index is 0.105. The summed E-state index contributed by atoms with van der Waals surface area (Å²) in [7, 11) is 0. The van der Waals surface area contributed by atoms with Crippen LogP contribution in [0.1, 0.15) is 28.9 Å². The maximum Gasteiger partial charge on any atom is 0.253 e. The fraction of sp³-hybridized carbons (Fsp3) is 0.105. The third kappa shape index (κ3) is 3.35. The first kappa shape index (κ1) is 15.5. The molecule has 0 heterocycles. The summed E-state index contributed by atoms with van der Waals surface area (Å²) in [6.45, 7) is 1.90. The molecule has 0 saturated heterocycles. The number of halogens is 2. The molecule has 0 bridgehead atoms. The van der Waals surface area contributed by atoms with Crippen molar-refractivity contribution < 1.29 is 9.18 Å². The molecule has 1 atom stereocenters. The highest BCUT2D eigenvalue weighted by molar-refractivity contribution is 6.33. The van der Waals surface area contributed by atoms with Crippen molar-refractivity contribution in [1.82, 2.24) is 5.32 Å². The van der Waals surface area contributed by atoms with Gasteiger partial charge in [-0.1, -0.05) is 48.0 Å². The Kier molecular flexibility index (Phi) is 4.30. The predicted molar refractivity (Wildman–Crippen MR) is 91.2 cm³/mol. The lowest BCUT2D eigenvalue weighted by Gasteiger charge is -2.15. The van der Waals surface area contributed by atoms with Gasteiger partial charge in [0.05, 0.1) is 16.6 Å². The molecule has 0 saturated carbocycles. The van der Waals surface area contributed by atoms with Crippen LogP contribution in [-0.4, -0.2) is 5.91 Å². The number of amides is 1. The highest BCUT2D eigenvalue weighted by atomic mass is 35.5. The normalized spacial score (nSPS) is 12.1. The average molecular weight is 328 g/mol. The van der Waals surface area contributed by atoms with Crippen LogP contribution in [0.2, 0.25) is 5.02 Å². The molecule has 0 aliphatic carbocycles. The maximum atomic E-state index is 13.1. The topological polar surface area (TPSA) is 29.1 Å².